The van der Waals surface area contributed by atoms with Crippen LogP contribution in [0.5, 0.6) is 0 Å². The number of hydrogen-bond acceptors (Lipinski definition) is 4. The average Bonchev–Trinajstić information content (AvgIpc) is 3.42. The number of ketones is 1. The molecule has 7 nitrogen and oxygen atoms in total. The van der Waals surface area contributed by atoms with Crippen molar-refractivity contribution in [2.45, 2.75) is 32.6 Å². The Morgan fingerprint density at radius 1 is 1.10 bits per heavy atom. The fraction of sp³-hybridized carbons (Fsp3) is 0.391. The number of Topliss-reactive ketones (excluding diaryl/α,β-unsaturated/α-hetero) is 1. The lowest BCUT2D eigenvalue weighted by Crippen LogP contribution is -2.41. The van der Waals surface area contributed by atoms with Crippen LogP contribution in [0.4, 0.5) is 5.69 Å². The van der Waals surface area contributed by atoms with Crippen LogP contribution < -0.4 is 4.90 Å². The maximum absolute atomic E-state index is 13.3. The molecular formula is C23H27N5O2. The molecule has 2 atom stereocenters. The van der Waals surface area contributed by atoms with Crippen molar-refractivity contribution in [2.24, 2.45) is 18.9 Å². The zero-order valence-corrected chi connectivity index (χ0v) is 17.6. The lowest BCUT2D eigenvalue weighted by molar-refractivity contribution is -0.124. The Hall–Kier alpha value is -3.22. The molecule has 1 N–H and O–H groups in total. The molecule has 2 aromatic heterocycles. The summed E-state index contributed by atoms with van der Waals surface area (Å²) in [6.07, 6.45) is 6.98. The zero-order chi connectivity index (χ0) is 21.3. The summed E-state index contributed by atoms with van der Waals surface area (Å²) in [6, 6.07) is 9.44. The predicted molar refractivity (Wildman–Crippen MR) is 115 cm³/mol. The van der Waals surface area contributed by atoms with Gasteiger partial charge in [0.1, 0.15) is 0 Å². The van der Waals surface area contributed by atoms with E-state index in [1.807, 2.05) is 50.5 Å². The lowest BCUT2D eigenvalue weighted by Gasteiger charge is -2.32. The summed E-state index contributed by atoms with van der Waals surface area (Å²) < 4.78 is 1.71. The molecule has 2 heterocycles. The Kier molecular flexibility index (Phi) is 5.53. The van der Waals surface area contributed by atoms with E-state index in [4.69, 9.17) is 0 Å². The highest BCUT2D eigenvalue weighted by Crippen LogP contribution is 2.35. The van der Waals surface area contributed by atoms with Gasteiger partial charge >= 0.3 is 0 Å². The van der Waals surface area contributed by atoms with Crippen LogP contribution in [0.3, 0.4) is 0 Å². The third-order valence-corrected chi connectivity index (χ3v) is 6.08. The van der Waals surface area contributed by atoms with Crippen molar-refractivity contribution < 1.29 is 9.59 Å². The summed E-state index contributed by atoms with van der Waals surface area (Å²) in [5.74, 6) is -0.537. The first-order chi connectivity index (χ1) is 14.5. The number of aromatic amines is 1. The van der Waals surface area contributed by atoms with E-state index in [1.54, 1.807) is 22.8 Å². The molecular weight excluding hydrogens is 378 g/mol. The second-order valence-corrected chi connectivity index (χ2v) is 8.08. The van der Waals surface area contributed by atoms with E-state index >= 15 is 0 Å². The number of aryl methyl sites for hydroxylation is 2. The molecule has 30 heavy (non-hydrogen) atoms. The van der Waals surface area contributed by atoms with Gasteiger partial charge in [0.15, 0.2) is 5.78 Å². The van der Waals surface area contributed by atoms with Crippen LogP contribution >= 0.6 is 0 Å². The summed E-state index contributed by atoms with van der Waals surface area (Å²) in [5, 5.41) is 11.2. The summed E-state index contributed by atoms with van der Waals surface area (Å²) >= 11 is 0. The van der Waals surface area contributed by atoms with E-state index in [2.05, 4.69) is 15.3 Å². The molecule has 1 aliphatic carbocycles. The third-order valence-electron chi connectivity index (χ3n) is 6.08. The average molecular weight is 406 g/mol. The first-order valence-electron chi connectivity index (χ1n) is 10.4. The summed E-state index contributed by atoms with van der Waals surface area (Å²) in [7, 11) is 3.62. The van der Waals surface area contributed by atoms with Gasteiger partial charge in [-0.15, -0.1) is 0 Å². The van der Waals surface area contributed by atoms with Gasteiger partial charge in [-0.05, 0) is 31.4 Å². The smallest absolute Gasteiger partial charge is 0.230 e. The molecule has 1 amide bonds. The van der Waals surface area contributed by atoms with Crippen molar-refractivity contribution in [2.75, 3.05) is 11.9 Å². The number of H-pyrrole nitrogens is 1. The van der Waals surface area contributed by atoms with E-state index in [-0.39, 0.29) is 23.5 Å². The Labute approximate surface area is 176 Å². The highest BCUT2D eigenvalue weighted by atomic mass is 16.2. The standard InChI is InChI=1S/C23H27N5O2/c1-15-21(14-27(2)26-15)28(3)23(30)19-7-5-4-6-18(19)22(29)17-10-8-16(9-11-17)20-12-13-24-25-20/h8-14,18-19H,4-7H2,1-3H3,(H,24,25)/t18-,19-/m1/s1. The molecule has 1 aliphatic rings. The van der Waals surface area contributed by atoms with Gasteiger partial charge < -0.3 is 4.90 Å². The van der Waals surface area contributed by atoms with Crippen LogP contribution in [0.25, 0.3) is 11.3 Å². The van der Waals surface area contributed by atoms with Crippen molar-refractivity contribution in [3.63, 3.8) is 0 Å². The van der Waals surface area contributed by atoms with Crippen molar-refractivity contribution in [1.82, 2.24) is 20.0 Å². The number of hydrogen-bond donors (Lipinski definition) is 1. The maximum atomic E-state index is 13.3. The molecule has 0 radical (unpaired) electrons. The zero-order valence-electron chi connectivity index (χ0n) is 17.6. The van der Waals surface area contributed by atoms with Crippen molar-refractivity contribution in [1.29, 1.82) is 0 Å². The molecule has 1 fully saturated rings. The summed E-state index contributed by atoms with van der Waals surface area (Å²) in [4.78, 5) is 28.3. The van der Waals surface area contributed by atoms with Gasteiger partial charge in [-0.25, -0.2) is 0 Å². The first kappa shape index (κ1) is 20.1. The van der Waals surface area contributed by atoms with E-state index in [0.29, 0.717) is 5.56 Å². The SMILES string of the molecule is Cc1nn(C)cc1N(C)C(=O)[C@@H]1CCCC[C@H]1C(=O)c1ccc(-c2ccn[nH]2)cc1. The van der Waals surface area contributed by atoms with Crippen LogP contribution in [0.2, 0.25) is 0 Å². The molecule has 0 bridgehead atoms. The van der Waals surface area contributed by atoms with Gasteiger partial charge in [0.05, 0.1) is 17.1 Å². The fourth-order valence-electron chi connectivity index (χ4n) is 4.47. The monoisotopic (exact) mass is 405 g/mol. The minimum atomic E-state index is -0.303. The number of aromatic nitrogens is 4. The fourth-order valence-corrected chi connectivity index (χ4v) is 4.47. The Morgan fingerprint density at radius 2 is 1.80 bits per heavy atom. The summed E-state index contributed by atoms with van der Waals surface area (Å²) in [6.45, 7) is 1.89. The van der Waals surface area contributed by atoms with Gasteiger partial charge in [0, 0.05) is 43.9 Å². The molecule has 3 aromatic rings. The third kappa shape index (κ3) is 3.79. The normalized spacial score (nSPS) is 18.9. The highest BCUT2D eigenvalue weighted by Gasteiger charge is 2.38. The molecule has 156 valence electrons. The molecule has 1 saturated carbocycles. The number of nitrogens with zero attached hydrogens (tertiary/aromatic N) is 4. The van der Waals surface area contributed by atoms with Gasteiger partial charge in [-0.1, -0.05) is 37.1 Å². The number of nitrogens with one attached hydrogen (secondary N) is 1. The number of rotatable bonds is 5. The van der Waals surface area contributed by atoms with Crippen LogP contribution in [0.1, 0.15) is 41.7 Å². The van der Waals surface area contributed by atoms with E-state index < -0.39 is 0 Å². The Morgan fingerprint density at radius 3 is 2.40 bits per heavy atom. The molecule has 4 rings (SSSR count). The van der Waals surface area contributed by atoms with Gasteiger partial charge in [0.25, 0.3) is 0 Å². The second-order valence-electron chi connectivity index (χ2n) is 8.08. The molecule has 7 heteroatoms. The number of anilines is 1. The predicted octanol–water partition coefficient (Wildman–Crippen LogP) is 3.77. The van der Waals surface area contributed by atoms with Gasteiger partial charge in [-0.2, -0.15) is 10.2 Å². The van der Waals surface area contributed by atoms with Crippen LogP contribution in [0, 0.1) is 18.8 Å². The number of amides is 1. The molecule has 0 unspecified atom stereocenters. The minimum Gasteiger partial charge on any atom is -0.312 e. The quantitative estimate of drug-likeness (QED) is 0.655. The van der Waals surface area contributed by atoms with E-state index in [1.165, 1.54) is 0 Å². The van der Waals surface area contributed by atoms with Crippen LogP contribution in [-0.2, 0) is 11.8 Å². The van der Waals surface area contributed by atoms with E-state index in [0.717, 1.165) is 48.3 Å². The molecule has 0 spiro atoms. The minimum absolute atomic E-state index is 0.00164. The van der Waals surface area contributed by atoms with Crippen LogP contribution in [0.15, 0.2) is 42.7 Å². The maximum Gasteiger partial charge on any atom is 0.230 e. The molecule has 0 aliphatic heterocycles. The largest absolute Gasteiger partial charge is 0.312 e. The Balaban J connectivity index is 1.55. The van der Waals surface area contributed by atoms with Crippen molar-refractivity contribution >= 4 is 17.4 Å². The topological polar surface area (TPSA) is 83.9 Å². The first-order valence-corrected chi connectivity index (χ1v) is 10.4. The number of carbonyl (C=O) groups excluding carboxylic acids is 2. The molecule has 1 aromatic carbocycles. The van der Waals surface area contributed by atoms with Crippen molar-refractivity contribution in [3.8, 4) is 11.3 Å². The van der Waals surface area contributed by atoms with E-state index in [9.17, 15) is 9.59 Å². The lowest BCUT2D eigenvalue weighted by atomic mass is 9.74. The van der Waals surface area contributed by atoms with Crippen LogP contribution in [-0.4, -0.2) is 38.7 Å². The van der Waals surface area contributed by atoms with Crippen molar-refractivity contribution in [3.05, 3.63) is 54.0 Å². The van der Waals surface area contributed by atoms with Gasteiger partial charge in [0.2, 0.25) is 5.91 Å². The molecule has 0 saturated heterocycles. The summed E-state index contributed by atoms with van der Waals surface area (Å²) in [5.41, 5.74) is 4.15. The Bertz CT molecular complexity index is 1040. The highest BCUT2D eigenvalue weighted by molar-refractivity contribution is 6.03. The van der Waals surface area contributed by atoms with Gasteiger partial charge in [-0.3, -0.25) is 19.4 Å². The second kappa shape index (κ2) is 8.26. The number of carbonyl (C=O) groups is 2. The number of benzene rings is 1.